The highest BCUT2D eigenvalue weighted by molar-refractivity contribution is 7.89. The fourth-order valence-corrected chi connectivity index (χ4v) is 6.47. The number of hydrogen-bond donors (Lipinski definition) is 0. The van der Waals surface area contributed by atoms with Crippen LogP contribution in [0, 0.1) is 18.8 Å². The van der Waals surface area contributed by atoms with Crippen molar-refractivity contribution in [2.75, 3.05) is 13.1 Å². The third-order valence-electron chi connectivity index (χ3n) is 7.03. The molecule has 0 spiro atoms. The molecule has 0 N–H and O–H groups in total. The number of fused-ring (bicyclic) bond motifs is 1. The number of nitrogens with zero attached hydrogens (tertiary/aromatic N) is 3. The fraction of sp³-hybridized carbons (Fsp3) is 0.609. The number of sulfonamides is 1. The van der Waals surface area contributed by atoms with E-state index in [4.69, 9.17) is 0 Å². The number of hydrogen-bond acceptors (Lipinski definition) is 3. The van der Waals surface area contributed by atoms with Gasteiger partial charge in [0, 0.05) is 37.9 Å². The Labute approximate surface area is 174 Å². The monoisotopic (exact) mass is 413 g/mol. The summed E-state index contributed by atoms with van der Waals surface area (Å²) < 4.78 is 30.4. The van der Waals surface area contributed by atoms with Crippen LogP contribution in [0.15, 0.2) is 29.3 Å². The molecule has 0 bridgehead atoms. The molecule has 1 aliphatic heterocycles. The van der Waals surface area contributed by atoms with E-state index in [0.717, 1.165) is 51.0 Å². The van der Waals surface area contributed by atoms with E-state index in [9.17, 15) is 8.42 Å². The SMILES string of the molecule is Cc1cnc(CC2CCN(S(=O)(=O)c3ccc4c(c3)CCC4)CC2)n1CC1CC1. The van der Waals surface area contributed by atoms with E-state index in [-0.39, 0.29) is 0 Å². The topological polar surface area (TPSA) is 55.2 Å². The summed E-state index contributed by atoms with van der Waals surface area (Å²) in [6.45, 7) is 4.48. The van der Waals surface area contributed by atoms with Crippen molar-refractivity contribution >= 4 is 10.0 Å². The normalized spacial score (nSPS) is 20.9. The largest absolute Gasteiger partial charge is 0.332 e. The maximum Gasteiger partial charge on any atom is 0.243 e. The van der Waals surface area contributed by atoms with Crippen molar-refractivity contribution < 1.29 is 8.42 Å². The molecule has 0 radical (unpaired) electrons. The zero-order valence-electron chi connectivity index (χ0n) is 17.3. The van der Waals surface area contributed by atoms with Gasteiger partial charge in [-0.1, -0.05) is 6.07 Å². The predicted molar refractivity (Wildman–Crippen MR) is 113 cm³/mol. The van der Waals surface area contributed by atoms with Crippen LogP contribution < -0.4 is 0 Å². The first-order valence-electron chi connectivity index (χ1n) is 11.1. The first-order valence-corrected chi connectivity index (χ1v) is 12.6. The quantitative estimate of drug-likeness (QED) is 0.725. The van der Waals surface area contributed by atoms with Crippen LogP contribution in [0.25, 0.3) is 0 Å². The highest BCUT2D eigenvalue weighted by Gasteiger charge is 2.31. The summed E-state index contributed by atoms with van der Waals surface area (Å²) in [4.78, 5) is 5.15. The average molecular weight is 414 g/mol. The Morgan fingerprint density at radius 3 is 2.55 bits per heavy atom. The second-order valence-electron chi connectivity index (χ2n) is 9.21. The van der Waals surface area contributed by atoms with Gasteiger partial charge in [0.15, 0.2) is 0 Å². The summed E-state index contributed by atoms with van der Waals surface area (Å²) in [5, 5.41) is 0. The second kappa shape index (κ2) is 7.55. The average Bonchev–Trinajstić information content (AvgIpc) is 3.31. The molecular formula is C23H31N3O2S. The Balaban J connectivity index is 1.23. The first kappa shape index (κ1) is 19.3. The molecule has 1 saturated carbocycles. The van der Waals surface area contributed by atoms with Gasteiger partial charge in [-0.05, 0) is 87.0 Å². The van der Waals surface area contributed by atoms with E-state index in [2.05, 4.69) is 16.5 Å². The van der Waals surface area contributed by atoms with Crippen molar-refractivity contribution in [1.82, 2.24) is 13.9 Å². The van der Waals surface area contributed by atoms with Gasteiger partial charge in [-0.15, -0.1) is 0 Å². The molecule has 3 aliphatic rings. The van der Waals surface area contributed by atoms with E-state index in [1.165, 1.54) is 35.5 Å². The van der Waals surface area contributed by atoms with E-state index >= 15 is 0 Å². The molecule has 0 atom stereocenters. The van der Waals surface area contributed by atoms with Crippen molar-refractivity contribution in [2.24, 2.45) is 11.8 Å². The highest BCUT2D eigenvalue weighted by atomic mass is 32.2. The molecule has 1 aromatic heterocycles. The summed E-state index contributed by atoms with van der Waals surface area (Å²) in [5.41, 5.74) is 3.79. The van der Waals surface area contributed by atoms with Crippen LogP contribution in [0.3, 0.4) is 0 Å². The Hall–Kier alpha value is -1.66. The zero-order valence-corrected chi connectivity index (χ0v) is 18.1. The van der Waals surface area contributed by atoms with Gasteiger partial charge >= 0.3 is 0 Å². The predicted octanol–water partition coefficient (Wildman–Crippen LogP) is 3.73. The summed E-state index contributed by atoms with van der Waals surface area (Å²) in [6, 6.07) is 5.74. The van der Waals surface area contributed by atoms with Crippen LogP contribution in [0.5, 0.6) is 0 Å². The number of aryl methyl sites for hydroxylation is 3. The zero-order chi connectivity index (χ0) is 20.0. The van der Waals surface area contributed by atoms with Crippen molar-refractivity contribution in [3.63, 3.8) is 0 Å². The molecule has 2 aromatic rings. The van der Waals surface area contributed by atoms with Gasteiger partial charge in [0.25, 0.3) is 0 Å². The Bertz CT molecular complexity index is 999. The second-order valence-corrected chi connectivity index (χ2v) is 11.1. The van der Waals surface area contributed by atoms with Gasteiger partial charge < -0.3 is 4.57 Å². The van der Waals surface area contributed by atoms with E-state index in [1.807, 2.05) is 24.4 Å². The minimum atomic E-state index is -3.38. The van der Waals surface area contributed by atoms with Crippen LogP contribution in [0.2, 0.25) is 0 Å². The molecule has 2 fully saturated rings. The maximum atomic E-state index is 13.1. The van der Waals surface area contributed by atoms with Gasteiger partial charge in [-0.3, -0.25) is 0 Å². The number of rotatable bonds is 6. The van der Waals surface area contributed by atoms with Crippen LogP contribution in [0.4, 0.5) is 0 Å². The number of piperidine rings is 1. The van der Waals surface area contributed by atoms with E-state index in [0.29, 0.717) is 23.9 Å². The lowest BCUT2D eigenvalue weighted by Crippen LogP contribution is -2.39. The minimum Gasteiger partial charge on any atom is -0.332 e. The van der Waals surface area contributed by atoms with Crippen molar-refractivity contribution in [1.29, 1.82) is 0 Å². The van der Waals surface area contributed by atoms with Gasteiger partial charge in [0.1, 0.15) is 5.82 Å². The first-order chi connectivity index (χ1) is 14.0. The Kier molecular flexibility index (Phi) is 5.03. The molecular weight excluding hydrogens is 382 g/mol. The smallest absolute Gasteiger partial charge is 0.243 e. The lowest BCUT2D eigenvalue weighted by molar-refractivity contribution is 0.268. The van der Waals surface area contributed by atoms with Gasteiger partial charge in [0.05, 0.1) is 4.90 Å². The van der Waals surface area contributed by atoms with Crippen LogP contribution in [0.1, 0.15) is 54.7 Å². The lowest BCUT2D eigenvalue weighted by Gasteiger charge is -2.31. The van der Waals surface area contributed by atoms with Crippen LogP contribution in [-0.4, -0.2) is 35.4 Å². The third kappa shape index (κ3) is 3.89. The number of imidazole rings is 1. The van der Waals surface area contributed by atoms with Crippen LogP contribution in [-0.2, 0) is 35.8 Å². The molecule has 6 heteroatoms. The van der Waals surface area contributed by atoms with Crippen LogP contribution >= 0.6 is 0 Å². The van der Waals surface area contributed by atoms with Crippen molar-refractivity contribution in [2.45, 2.75) is 69.7 Å². The molecule has 156 valence electrons. The Morgan fingerprint density at radius 2 is 1.79 bits per heavy atom. The number of benzene rings is 1. The molecule has 0 unspecified atom stereocenters. The lowest BCUT2D eigenvalue weighted by atomic mass is 9.94. The molecule has 2 heterocycles. The minimum absolute atomic E-state index is 0.479. The molecule has 5 rings (SSSR count). The molecule has 29 heavy (non-hydrogen) atoms. The fourth-order valence-electron chi connectivity index (χ4n) is 4.95. The Morgan fingerprint density at radius 1 is 1.03 bits per heavy atom. The maximum absolute atomic E-state index is 13.1. The van der Waals surface area contributed by atoms with Crippen molar-refractivity contribution in [3.8, 4) is 0 Å². The third-order valence-corrected chi connectivity index (χ3v) is 8.92. The molecule has 1 saturated heterocycles. The van der Waals surface area contributed by atoms with Gasteiger partial charge in [-0.2, -0.15) is 4.31 Å². The molecule has 2 aliphatic carbocycles. The van der Waals surface area contributed by atoms with Gasteiger partial charge in [0.2, 0.25) is 10.0 Å². The molecule has 0 amide bonds. The van der Waals surface area contributed by atoms with E-state index < -0.39 is 10.0 Å². The van der Waals surface area contributed by atoms with E-state index in [1.54, 1.807) is 4.31 Å². The molecule has 1 aromatic carbocycles. The van der Waals surface area contributed by atoms with Crippen molar-refractivity contribution in [3.05, 3.63) is 47.0 Å². The van der Waals surface area contributed by atoms with Gasteiger partial charge in [-0.25, -0.2) is 13.4 Å². The number of aromatic nitrogens is 2. The standard InChI is InChI=1S/C23H31N3O2S/c1-17-15-24-23(26(17)16-19-5-6-19)13-18-9-11-25(12-10-18)29(27,28)22-8-7-20-3-2-4-21(20)14-22/h7-8,14-15,18-19H,2-6,9-13,16H2,1H3. The summed E-state index contributed by atoms with van der Waals surface area (Å²) in [6.07, 6.45) is 10.7. The highest BCUT2D eigenvalue weighted by Crippen LogP contribution is 2.33. The molecule has 5 nitrogen and oxygen atoms in total. The summed E-state index contributed by atoms with van der Waals surface area (Å²) in [7, 11) is -3.38. The summed E-state index contributed by atoms with van der Waals surface area (Å²) >= 11 is 0. The summed E-state index contributed by atoms with van der Waals surface area (Å²) in [5.74, 6) is 2.54.